The molecule has 1 aromatic rings. The number of rotatable bonds is 7. The molecule has 2 nitrogen and oxygen atoms in total. The number of thiophene rings is 1. The third kappa shape index (κ3) is 4.98. The first-order valence-corrected chi connectivity index (χ1v) is 6.50. The Balaban J connectivity index is 2.16. The van der Waals surface area contributed by atoms with Crippen LogP contribution >= 0.6 is 22.9 Å². The standard InChI is InChI=1S/C11H18ClNOS/c1-3-7-14-8-6-13-9(2)10-4-5-11(12)15-10/h4-5,9,13H,3,6-8H2,1-2H3. The number of halogens is 1. The Labute approximate surface area is 101 Å². The Morgan fingerprint density at radius 1 is 1.47 bits per heavy atom. The van der Waals surface area contributed by atoms with E-state index in [1.807, 2.05) is 6.07 Å². The van der Waals surface area contributed by atoms with Crippen molar-refractivity contribution in [2.24, 2.45) is 0 Å². The summed E-state index contributed by atoms with van der Waals surface area (Å²) in [6, 6.07) is 4.36. The summed E-state index contributed by atoms with van der Waals surface area (Å²) in [6.07, 6.45) is 1.08. The first-order valence-electron chi connectivity index (χ1n) is 5.30. The zero-order valence-electron chi connectivity index (χ0n) is 9.25. The van der Waals surface area contributed by atoms with Gasteiger partial charge in [-0.1, -0.05) is 18.5 Å². The lowest BCUT2D eigenvalue weighted by atomic mass is 10.3. The van der Waals surface area contributed by atoms with E-state index in [1.165, 1.54) is 4.88 Å². The van der Waals surface area contributed by atoms with Crippen LogP contribution in [0.2, 0.25) is 4.34 Å². The molecular weight excluding hydrogens is 230 g/mol. The van der Waals surface area contributed by atoms with E-state index in [1.54, 1.807) is 11.3 Å². The molecule has 4 heteroatoms. The van der Waals surface area contributed by atoms with Crippen LogP contribution in [-0.4, -0.2) is 19.8 Å². The van der Waals surface area contributed by atoms with Gasteiger partial charge in [-0.15, -0.1) is 11.3 Å². The fraction of sp³-hybridized carbons (Fsp3) is 0.636. The predicted molar refractivity (Wildman–Crippen MR) is 66.9 cm³/mol. The normalized spacial score (nSPS) is 13.0. The van der Waals surface area contributed by atoms with Gasteiger partial charge in [0.2, 0.25) is 0 Å². The quantitative estimate of drug-likeness (QED) is 0.745. The first kappa shape index (κ1) is 13.0. The summed E-state index contributed by atoms with van der Waals surface area (Å²) in [4.78, 5) is 1.27. The fourth-order valence-corrected chi connectivity index (χ4v) is 2.34. The van der Waals surface area contributed by atoms with E-state index in [-0.39, 0.29) is 0 Å². The van der Waals surface area contributed by atoms with Gasteiger partial charge in [0, 0.05) is 24.1 Å². The van der Waals surface area contributed by atoms with Crippen molar-refractivity contribution in [1.82, 2.24) is 5.32 Å². The molecule has 1 aromatic heterocycles. The lowest BCUT2D eigenvalue weighted by Crippen LogP contribution is -2.22. The second kappa shape index (κ2) is 7.23. The Kier molecular flexibility index (Phi) is 6.25. The minimum Gasteiger partial charge on any atom is -0.380 e. The molecule has 0 saturated carbocycles. The maximum atomic E-state index is 5.87. The molecule has 0 aliphatic rings. The molecule has 1 rings (SSSR count). The maximum absolute atomic E-state index is 5.87. The van der Waals surface area contributed by atoms with E-state index in [0.717, 1.165) is 30.5 Å². The number of nitrogens with one attached hydrogen (secondary N) is 1. The lowest BCUT2D eigenvalue weighted by Gasteiger charge is -2.11. The van der Waals surface area contributed by atoms with Crippen LogP contribution in [0.15, 0.2) is 12.1 Å². The minimum atomic E-state index is 0.354. The predicted octanol–water partition coefficient (Wildman–Crippen LogP) is 3.48. The molecule has 86 valence electrons. The van der Waals surface area contributed by atoms with E-state index >= 15 is 0 Å². The molecule has 0 fully saturated rings. The zero-order chi connectivity index (χ0) is 11.1. The Morgan fingerprint density at radius 3 is 2.87 bits per heavy atom. The molecular formula is C11H18ClNOS. The highest BCUT2D eigenvalue weighted by atomic mass is 35.5. The molecule has 0 aliphatic carbocycles. The lowest BCUT2D eigenvalue weighted by molar-refractivity contribution is 0.135. The van der Waals surface area contributed by atoms with Crippen molar-refractivity contribution in [1.29, 1.82) is 0 Å². The van der Waals surface area contributed by atoms with Gasteiger partial charge in [0.25, 0.3) is 0 Å². The molecule has 1 N–H and O–H groups in total. The van der Waals surface area contributed by atoms with Gasteiger partial charge < -0.3 is 10.1 Å². The monoisotopic (exact) mass is 247 g/mol. The smallest absolute Gasteiger partial charge is 0.0931 e. The van der Waals surface area contributed by atoms with Crippen molar-refractivity contribution in [3.8, 4) is 0 Å². The van der Waals surface area contributed by atoms with Crippen LogP contribution in [0.4, 0.5) is 0 Å². The molecule has 1 unspecified atom stereocenters. The van der Waals surface area contributed by atoms with Crippen molar-refractivity contribution < 1.29 is 4.74 Å². The van der Waals surface area contributed by atoms with Gasteiger partial charge in [0.05, 0.1) is 10.9 Å². The molecule has 0 amide bonds. The Hall–Kier alpha value is -0.0900. The molecule has 0 aromatic carbocycles. The van der Waals surface area contributed by atoms with Crippen LogP contribution < -0.4 is 5.32 Å². The largest absolute Gasteiger partial charge is 0.380 e. The summed E-state index contributed by atoms with van der Waals surface area (Å²) in [5.41, 5.74) is 0. The first-order chi connectivity index (χ1) is 7.24. The van der Waals surface area contributed by atoms with Gasteiger partial charge in [-0.3, -0.25) is 0 Å². The molecule has 0 spiro atoms. The zero-order valence-corrected chi connectivity index (χ0v) is 10.8. The van der Waals surface area contributed by atoms with Gasteiger partial charge >= 0.3 is 0 Å². The van der Waals surface area contributed by atoms with Gasteiger partial charge in [-0.05, 0) is 25.5 Å². The van der Waals surface area contributed by atoms with Crippen LogP contribution in [0.3, 0.4) is 0 Å². The SMILES string of the molecule is CCCOCCNC(C)c1ccc(Cl)s1. The van der Waals surface area contributed by atoms with E-state index in [0.29, 0.717) is 6.04 Å². The highest BCUT2D eigenvalue weighted by molar-refractivity contribution is 7.16. The summed E-state index contributed by atoms with van der Waals surface area (Å²) in [7, 11) is 0. The van der Waals surface area contributed by atoms with Gasteiger partial charge in [-0.25, -0.2) is 0 Å². The summed E-state index contributed by atoms with van der Waals surface area (Å²) in [5.74, 6) is 0. The van der Waals surface area contributed by atoms with Crippen molar-refractivity contribution in [3.63, 3.8) is 0 Å². The van der Waals surface area contributed by atoms with Crippen LogP contribution in [0, 0.1) is 0 Å². The summed E-state index contributed by atoms with van der Waals surface area (Å²) >= 11 is 7.50. The molecule has 0 radical (unpaired) electrons. The second-order valence-corrected chi connectivity index (χ2v) is 5.18. The molecule has 0 bridgehead atoms. The Bertz CT molecular complexity index is 277. The van der Waals surface area contributed by atoms with Crippen LogP contribution in [0.5, 0.6) is 0 Å². The Morgan fingerprint density at radius 2 is 2.27 bits per heavy atom. The molecule has 0 aliphatic heterocycles. The number of hydrogen-bond donors (Lipinski definition) is 1. The number of ether oxygens (including phenoxy) is 1. The van der Waals surface area contributed by atoms with Crippen molar-refractivity contribution in [2.75, 3.05) is 19.8 Å². The summed E-state index contributed by atoms with van der Waals surface area (Å²) in [6.45, 7) is 6.76. The summed E-state index contributed by atoms with van der Waals surface area (Å²) in [5, 5.41) is 3.40. The van der Waals surface area contributed by atoms with Crippen LogP contribution in [0.25, 0.3) is 0 Å². The maximum Gasteiger partial charge on any atom is 0.0931 e. The van der Waals surface area contributed by atoms with Gasteiger partial charge in [0.1, 0.15) is 0 Å². The van der Waals surface area contributed by atoms with Gasteiger partial charge in [0.15, 0.2) is 0 Å². The third-order valence-corrected chi connectivity index (χ3v) is 3.48. The van der Waals surface area contributed by atoms with Crippen molar-refractivity contribution >= 4 is 22.9 Å². The summed E-state index contributed by atoms with van der Waals surface area (Å²) < 4.78 is 6.24. The van der Waals surface area contributed by atoms with E-state index in [9.17, 15) is 0 Å². The molecule has 0 saturated heterocycles. The molecule has 15 heavy (non-hydrogen) atoms. The average Bonchev–Trinajstić information content (AvgIpc) is 2.64. The topological polar surface area (TPSA) is 21.3 Å². The molecule has 1 atom stereocenters. The van der Waals surface area contributed by atoms with Crippen LogP contribution in [0.1, 0.15) is 31.2 Å². The van der Waals surface area contributed by atoms with E-state index in [4.69, 9.17) is 16.3 Å². The van der Waals surface area contributed by atoms with E-state index < -0.39 is 0 Å². The van der Waals surface area contributed by atoms with Gasteiger partial charge in [-0.2, -0.15) is 0 Å². The third-order valence-electron chi connectivity index (χ3n) is 2.07. The minimum absolute atomic E-state index is 0.354. The van der Waals surface area contributed by atoms with Crippen molar-refractivity contribution in [2.45, 2.75) is 26.3 Å². The average molecular weight is 248 g/mol. The number of hydrogen-bond acceptors (Lipinski definition) is 3. The highest BCUT2D eigenvalue weighted by Gasteiger charge is 2.06. The second-order valence-electron chi connectivity index (χ2n) is 3.43. The molecule has 1 heterocycles. The van der Waals surface area contributed by atoms with Crippen molar-refractivity contribution in [3.05, 3.63) is 21.3 Å². The fourth-order valence-electron chi connectivity index (χ4n) is 1.26. The van der Waals surface area contributed by atoms with Crippen LogP contribution in [-0.2, 0) is 4.74 Å². The highest BCUT2D eigenvalue weighted by Crippen LogP contribution is 2.26. The van der Waals surface area contributed by atoms with E-state index in [2.05, 4.69) is 25.2 Å².